The van der Waals surface area contributed by atoms with Crippen molar-refractivity contribution in [2.75, 3.05) is 38.8 Å². The number of carbonyl (C=O) groups is 6. The summed E-state index contributed by atoms with van der Waals surface area (Å²) in [4.78, 5) is 69.2. The Morgan fingerprint density at radius 2 is 1.03 bits per heavy atom. The molecular weight excluding hydrogens is 440 g/mol. The van der Waals surface area contributed by atoms with Gasteiger partial charge in [0.15, 0.2) is 0 Å². The van der Waals surface area contributed by atoms with Gasteiger partial charge in [0.1, 0.15) is 25.2 Å². The average Bonchev–Trinajstić information content (AvgIpc) is 2.70. The van der Waals surface area contributed by atoms with Crippen LogP contribution in [0.4, 0.5) is 0 Å². The van der Waals surface area contributed by atoms with Gasteiger partial charge in [-0.25, -0.2) is 0 Å². The zero-order chi connectivity index (χ0) is 23.1. The first-order valence-corrected chi connectivity index (χ1v) is 11.1. The van der Waals surface area contributed by atoms with Crippen LogP contribution < -0.4 is 21.3 Å². The number of carbonyl (C=O) groups excluding carboxylic acids is 6. The Hall–Kier alpha value is -2.48. The van der Waals surface area contributed by atoms with Gasteiger partial charge in [-0.1, -0.05) is 21.6 Å². The van der Waals surface area contributed by atoms with Crippen molar-refractivity contribution in [1.82, 2.24) is 21.3 Å². The van der Waals surface area contributed by atoms with Gasteiger partial charge in [-0.15, -0.1) is 0 Å². The third kappa shape index (κ3) is 12.9. The molecule has 0 aromatic heterocycles. The summed E-state index contributed by atoms with van der Waals surface area (Å²) in [5, 5.41) is 9.63. The molecule has 4 amide bonds. The van der Waals surface area contributed by atoms with E-state index >= 15 is 0 Å². The molecule has 14 heteroatoms. The maximum absolute atomic E-state index is 12.1. The first-order valence-electron chi connectivity index (χ1n) is 8.58. The minimum atomic E-state index is -0.919. The molecule has 0 radical (unpaired) electrons. The molecule has 12 nitrogen and oxygen atoms in total. The molecule has 0 aliphatic carbocycles. The van der Waals surface area contributed by atoms with Crippen LogP contribution in [0.1, 0.15) is 13.8 Å². The summed E-state index contributed by atoms with van der Waals surface area (Å²) in [6.45, 7) is 1.82. The summed E-state index contributed by atoms with van der Waals surface area (Å²) >= 11 is 0. The number of esters is 2. The molecule has 0 bridgehead atoms. The van der Waals surface area contributed by atoms with Crippen LogP contribution in [0.5, 0.6) is 0 Å². The van der Waals surface area contributed by atoms with Crippen molar-refractivity contribution in [3.8, 4) is 0 Å². The third-order valence-corrected chi connectivity index (χ3v) is 5.63. The lowest BCUT2D eigenvalue weighted by Gasteiger charge is -2.19. The Kier molecular flexibility index (Phi) is 14.1. The largest absolute Gasteiger partial charge is 0.468 e. The Balaban J connectivity index is 4.67. The van der Waals surface area contributed by atoms with Crippen LogP contribution >= 0.6 is 21.6 Å². The van der Waals surface area contributed by atoms with E-state index in [1.54, 1.807) is 0 Å². The maximum Gasteiger partial charge on any atom is 0.325 e. The third-order valence-electron chi connectivity index (χ3n) is 3.21. The highest BCUT2D eigenvalue weighted by Crippen LogP contribution is 2.23. The Labute approximate surface area is 181 Å². The monoisotopic (exact) mass is 466 g/mol. The zero-order valence-electron chi connectivity index (χ0n) is 17.1. The van der Waals surface area contributed by atoms with Gasteiger partial charge in [0, 0.05) is 25.4 Å². The molecule has 30 heavy (non-hydrogen) atoms. The normalized spacial score (nSPS) is 12.0. The van der Waals surface area contributed by atoms with Crippen LogP contribution in [0.15, 0.2) is 0 Å². The quantitative estimate of drug-likeness (QED) is 0.135. The van der Waals surface area contributed by atoms with E-state index in [1.165, 1.54) is 49.7 Å². The second-order valence-corrected chi connectivity index (χ2v) is 8.22. The fraction of sp³-hybridized carbons (Fsp3) is 0.625. The number of rotatable bonds is 13. The molecule has 0 saturated heterocycles. The lowest BCUT2D eigenvalue weighted by Crippen LogP contribution is -2.49. The standard InChI is InChI=1S/C16H26N4O8S2/c1-9(21)19-11(15(25)17-5-13(23)27-3)7-29-30-8-12(20-10(2)22)16(26)18-6-14(24)28-4/h11-12H,5-8H2,1-4H3,(H,17,25)(H,18,26)(H,19,21)(H,20,22)/t11-,12-/m0/s1. The summed E-state index contributed by atoms with van der Waals surface area (Å²) in [5.41, 5.74) is 0. The molecule has 0 saturated carbocycles. The van der Waals surface area contributed by atoms with E-state index in [0.29, 0.717) is 0 Å². The minimum absolute atomic E-state index is 0.133. The van der Waals surface area contributed by atoms with E-state index < -0.39 is 47.7 Å². The van der Waals surface area contributed by atoms with Crippen LogP contribution in [0, 0.1) is 0 Å². The molecule has 0 fully saturated rings. The van der Waals surface area contributed by atoms with E-state index in [0.717, 1.165) is 0 Å². The fourth-order valence-corrected chi connectivity index (χ4v) is 4.13. The smallest absolute Gasteiger partial charge is 0.325 e. The van der Waals surface area contributed by atoms with Gasteiger partial charge in [0.2, 0.25) is 23.6 Å². The van der Waals surface area contributed by atoms with Crippen LogP contribution in [0.25, 0.3) is 0 Å². The molecule has 0 aromatic rings. The molecule has 0 unspecified atom stereocenters. The van der Waals surface area contributed by atoms with E-state index in [1.807, 2.05) is 0 Å². The molecule has 0 spiro atoms. The topological polar surface area (TPSA) is 169 Å². The van der Waals surface area contributed by atoms with Gasteiger partial charge in [0.05, 0.1) is 14.2 Å². The molecule has 2 atom stereocenters. The average molecular weight is 467 g/mol. The molecule has 0 aliphatic rings. The van der Waals surface area contributed by atoms with Gasteiger partial charge in [-0.2, -0.15) is 0 Å². The Morgan fingerprint density at radius 1 is 0.700 bits per heavy atom. The zero-order valence-corrected chi connectivity index (χ0v) is 18.7. The van der Waals surface area contributed by atoms with Crippen LogP contribution in [0.3, 0.4) is 0 Å². The molecule has 0 aliphatic heterocycles. The summed E-state index contributed by atoms with van der Waals surface area (Å²) in [7, 11) is 4.71. The van der Waals surface area contributed by atoms with Gasteiger partial charge in [-0.3, -0.25) is 28.8 Å². The fourth-order valence-electron chi connectivity index (χ4n) is 1.80. The second-order valence-electron chi connectivity index (χ2n) is 5.66. The molecule has 170 valence electrons. The number of nitrogens with one attached hydrogen (secondary N) is 4. The van der Waals surface area contributed by atoms with E-state index in [9.17, 15) is 28.8 Å². The minimum Gasteiger partial charge on any atom is -0.468 e. The number of amides is 4. The Bertz CT molecular complexity index is 593. The highest BCUT2D eigenvalue weighted by atomic mass is 33.1. The SMILES string of the molecule is COC(=O)CNC(=O)[C@H](CSSC[C@H](NC(C)=O)C(=O)NCC(=O)OC)NC(C)=O. The van der Waals surface area contributed by atoms with Crippen LogP contribution in [0.2, 0.25) is 0 Å². The first kappa shape index (κ1) is 27.5. The van der Waals surface area contributed by atoms with Gasteiger partial charge in [0.25, 0.3) is 0 Å². The number of ether oxygens (including phenoxy) is 2. The van der Waals surface area contributed by atoms with Crippen molar-refractivity contribution < 1.29 is 38.2 Å². The van der Waals surface area contributed by atoms with Crippen molar-refractivity contribution in [3.63, 3.8) is 0 Å². The first-order chi connectivity index (χ1) is 14.1. The summed E-state index contributed by atoms with van der Waals surface area (Å²) < 4.78 is 8.86. The van der Waals surface area contributed by atoms with E-state index in [2.05, 4.69) is 30.7 Å². The Morgan fingerprint density at radius 3 is 1.30 bits per heavy atom. The van der Waals surface area contributed by atoms with E-state index in [-0.39, 0.29) is 24.6 Å². The van der Waals surface area contributed by atoms with Crippen LogP contribution in [-0.4, -0.2) is 86.5 Å². The summed E-state index contributed by atoms with van der Waals surface area (Å²) in [5.74, 6) is -3.02. The molecule has 4 N–H and O–H groups in total. The highest BCUT2D eigenvalue weighted by molar-refractivity contribution is 8.76. The molecular formula is C16H26N4O8S2. The van der Waals surface area contributed by atoms with Crippen molar-refractivity contribution in [1.29, 1.82) is 0 Å². The van der Waals surface area contributed by atoms with Crippen LogP contribution in [-0.2, 0) is 38.2 Å². The predicted molar refractivity (Wildman–Crippen MR) is 110 cm³/mol. The van der Waals surface area contributed by atoms with Gasteiger partial charge < -0.3 is 30.7 Å². The van der Waals surface area contributed by atoms with E-state index in [4.69, 9.17) is 0 Å². The molecule has 0 aromatic carbocycles. The lowest BCUT2D eigenvalue weighted by molar-refractivity contribution is -0.141. The van der Waals surface area contributed by atoms with Crippen molar-refractivity contribution in [2.24, 2.45) is 0 Å². The van der Waals surface area contributed by atoms with Crippen molar-refractivity contribution in [2.45, 2.75) is 25.9 Å². The van der Waals surface area contributed by atoms with Crippen molar-refractivity contribution >= 4 is 57.2 Å². The second kappa shape index (κ2) is 15.4. The number of methoxy groups -OCH3 is 2. The highest BCUT2D eigenvalue weighted by Gasteiger charge is 2.23. The molecule has 0 heterocycles. The number of hydrogen-bond donors (Lipinski definition) is 4. The van der Waals surface area contributed by atoms with Gasteiger partial charge in [-0.05, 0) is 0 Å². The summed E-state index contributed by atoms with van der Waals surface area (Å²) in [6.07, 6.45) is 0. The van der Waals surface area contributed by atoms with Gasteiger partial charge >= 0.3 is 11.9 Å². The summed E-state index contributed by atoms with van der Waals surface area (Å²) in [6, 6.07) is -1.84. The maximum atomic E-state index is 12.1. The number of hydrogen-bond acceptors (Lipinski definition) is 10. The lowest BCUT2D eigenvalue weighted by atomic mass is 10.3. The van der Waals surface area contributed by atoms with Crippen molar-refractivity contribution in [3.05, 3.63) is 0 Å². The molecule has 0 rings (SSSR count). The predicted octanol–water partition coefficient (Wildman–Crippen LogP) is -2.04.